The molecule has 0 unspecified atom stereocenters. The summed E-state index contributed by atoms with van der Waals surface area (Å²) < 4.78 is 42.1. The molecule has 0 saturated heterocycles. The molecule has 0 saturated carbocycles. The largest absolute Gasteiger partial charge is 1.00 e. The van der Waals surface area contributed by atoms with E-state index in [2.05, 4.69) is 22.6 Å². The predicted octanol–water partition coefficient (Wildman–Crippen LogP) is 2.96. The van der Waals surface area contributed by atoms with Gasteiger partial charge in [0.05, 0.1) is 16.7 Å². The average Bonchev–Trinajstić information content (AvgIpc) is 2.62. The van der Waals surface area contributed by atoms with Gasteiger partial charge in [0, 0.05) is 3.57 Å². The molecule has 1 heterocycles. The molecule has 0 spiro atoms. The lowest BCUT2D eigenvalue weighted by atomic mass is 10.00. The van der Waals surface area contributed by atoms with Gasteiger partial charge in [-0.15, -0.1) is 0 Å². The van der Waals surface area contributed by atoms with E-state index in [1.54, 1.807) is 6.07 Å². The number of nitrogens with zero attached hydrogens (tertiary/aromatic N) is 1. The number of hydrogen-bond acceptors (Lipinski definition) is 0. The Morgan fingerprint density at radius 1 is 0.885 bits per heavy atom. The standard InChI is InChI=1S/C20H16F3IN.HI/c1-2-25-12-17(14-7-4-3-5-8-14)19(24)18(13-25)15-9-6-10-16(11-15)20(21,22)23;/h3-13H,2H2,1H3;1H/q+1;/p-1. The van der Waals surface area contributed by atoms with E-state index in [1.165, 1.54) is 12.1 Å². The van der Waals surface area contributed by atoms with E-state index >= 15 is 0 Å². The topological polar surface area (TPSA) is 3.88 Å². The molecule has 1 aromatic heterocycles. The molecule has 6 heteroatoms. The molecule has 0 N–H and O–H groups in total. The quantitative estimate of drug-likeness (QED) is 0.331. The third-order valence-electron chi connectivity index (χ3n) is 4.01. The first-order chi connectivity index (χ1) is 11.9. The highest BCUT2D eigenvalue weighted by atomic mass is 127. The maximum absolute atomic E-state index is 13.1. The molecule has 0 bridgehead atoms. The highest BCUT2D eigenvalue weighted by molar-refractivity contribution is 14.1. The van der Waals surface area contributed by atoms with Crippen LogP contribution in [-0.4, -0.2) is 0 Å². The minimum absolute atomic E-state index is 0. The molecule has 0 aliphatic heterocycles. The minimum atomic E-state index is -4.35. The zero-order valence-corrected chi connectivity index (χ0v) is 18.2. The van der Waals surface area contributed by atoms with Crippen LogP contribution in [0.1, 0.15) is 12.5 Å². The number of halogens is 5. The van der Waals surface area contributed by atoms with E-state index < -0.39 is 11.7 Å². The number of aromatic nitrogens is 1. The van der Waals surface area contributed by atoms with Crippen molar-refractivity contribution in [2.75, 3.05) is 0 Å². The smallest absolute Gasteiger partial charge is 0.416 e. The van der Waals surface area contributed by atoms with E-state index in [4.69, 9.17) is 0 Å². The third kappa shape index (κ3) is 4.57. The molecule has 3 rings (SSSR count). The van der Waals surface area contributed by atoms with Crippen molar-refractivity contribution in [2.45, 2.75) is 19.6 Å². The summed E-state index contributed by atoms with van der Waals surface area (Å²) in [4.78, 5) is 0. The fourth-order valence-electron chi connectivity index (χ4n) is 2.69. The van der Waals surface area contributed by atoms with Gasteiger partial charge in [-0.25, -0.2) is 4.57 Å². The van der Waals surface area contributed by atoms with Crippen molar-refractivity contribution >= 4 is 22.6 Å². The molecule has 0 aliphatic rings. The molecule has 26 heavy (non-hydrogen) atoms. The predicted molar refractivity (Wildman–Crippen MR) is 101 cm³/mol. The Bertz CT molecular complexity index is 893. The Morgan fingerprint density at radius 3 is 2.04 bits per heavy atom. The number of rotatable bonds is 3. The summed E-state index contributed by atoms with van der Waals surface area (Å²) in [6.07, 6.45) is -0.406. The van der Waals surface area contributed by atoms with Crippen molar-refractivity contribution in [3.63, 3.8) is 0 Å². The maximum atomic E-state index is 13.1. The van der Waals surface area contributed by atoms with Crippen LogP contribution < -0.4 is 28.5 Å². The molecule has 2 aromatic carbocycles. The van der Waals surface area contributed by atoms with Crippen LogP contribution in [0, 0.1) is 3.57 Å². The van der Waals surface area contributed by atoms with Gasteiger partial charge >= 0.3 is 6.18 Å². The van der Waals surface area contributed by atoms with Crippen molar-refractivity contribution in [3.05, 3.63) is 76.1 Å². The van der Waals surface area contributed by atoms with Crippen LogP contribution in [0.15, 0.2) is 67.0 Å². The fourth-order valence-corrected chi connectivity index (χ4v) is 3.59. The Hall–Kier alpha value is -1.16. The van der Waals surface area contributed by atoms with Crippen LogP contribution in [0.5, 0.6) is 0 Å². The van der Waals surface area contributed by atoms with E-state index in [-0.39, 0.29) is 24.0 Å². The number of benzene rings is 2. The van der Waals surface area contributed by atoms with E-state index in [9.17, 15) is 13.2 Å². The van der Waals surface area contributed by atoms with E-state index in [1.807, 2.05) is 54.2 Å². The lowest BCUT2D eigenvalue weighted by Gasteiger charge is -2.12. The highest BCUT2D eigenvalue weighted by Gasteiger charge is 2.31. The third-order valence-corrected chi connectivity index (χ3v) is 5.18. The molecule has 0 amide bonds. The molecule has 1 nitrogen and oxygen atoms in total. The van der Waals surface area contributed by atoms with Gasteiger partial charge in [-0.05, 0) is 52.8 Å². The number of alkyl halides is 3. The van der Waals surface area contributed by atoms with Crippen LogP contribution in [0.3, 0.4) is 0 Å². The molecular formula is C20H16F3I2N. The summed E-state index contributed by atoms with van der Waals surface area (Å²) in [6, 6.07) is 15.4. The zero-order valence-electron chi connectivity index (χ0n) is 13.9. The lowest BCUT2D eigenvalue weighted by Crippen LogP contribution is -3.00. The summed E-state index contributed by atoms with van der Waals surface area (Å²) in [5, 5.41) is 0. The molecular weight excluding hydrogens is 565 g/mol. The molecule has 0 fully saturated rings. The molecule has 0 atom stereocenters. The van der Waals surface area contributed by atoms with Crippen molar-refractivity contribution in [1.29, 1.82) is 0 Å². The molecule has 136 valence electrons. The van der Waals surface area contributed by atoms with Gasteiger partial charge in [-0.3, -0.25) is 0 Å². The molecule has 0 aliphatic carbocycles. The zero-order chi connectivity index (χ0) is 18.0. The summed E-state index contributed by atoms with van der Waals surface area (Å²) in [5.41, 5.74) is 2.80. The second-order valence-corrected chi connectivity index (χ2v) is 6.75. The Labute approximate surface area is 181 Å². The maximum Gasteiger partial charge on any atom is 0.416 e. The van der Waals surface area contributed by atoms with Gasteiger partial charge in [0.25, 0.3) is 0 Å². The van der Waals surface area contributed by atoms with Crippen LogP contribution in [0.4, 0.5) is 13.2 Å². The van der Waals surface area contributed by atoms with Gasteiger partial charge in [0.2, 0.25) is 0 Å². The van der Waals surface area contributed by atoms with Crippen LogP contribution in [0.2, 0.25) is 0 Å². The first kappa shape index (κ1) is 21.1. The van der Waals surface area contributed by atoms with E-state index in [0.717, 1.165) is 32.9 Å². The summed E-state index contributed by atoms with van der Waals surface area (Å²) >= 11 is 2.22. The fraction of sp³-hybridized carbons (Fsp3) is 0.150. The SMILES string of the molecule is CC[n+]1cc(-c2ccccc2)c(I)c(-c2cccc(C(F)(F)F)c2)c1.[I-]. The Balaban J connectivity index is 0.00000243. The van der Waals surface area contributed by atoms with Crippen molar-refractivity contribution in [2.24, 2.45) is 0 Å². The second-order valence-electron chi connectivity index (χ2n) is 5.67. The highest BCUT2D eigenvalue weighted by Crippen LogP contribution is 2.35. The average molecular weight is 581 g/mol. The Kier molecular flexibility index (Phi) is 7.06. The second kappa shape index (κ2) is 8.69. The first-order valence-electron chi connectivity index (χ1n) is 7.86. The van der Waals surface area contributed by atoms with Gasteiger partial charge < -0.3 is 24.0 Å². The number of aryl methyl sites for hydroxylation is 1. The summed E-state index contributed by atoms with van der Waals surface area (Å²) in [6.45, 7) is 2.75. The normalized spacial score (nSPS) is 11.1. The molecule has 3 aromatic rings. The molecule has 0 radical (unpaired) electrons. The van der Waals surface area contributed by atoms with Crippen LogP contribution in [-0.2, 0) is 12.7 Å². The van der Waals surface area contributed by atoms with Crippen molar-refractivity contribution < 1.29 is 41.7 Å². The first-order valence-corrected chi connectivity index (χ1v) is 8.93. The summed E-state index contributed by atoms with van der Waals surface area (Å²) in [7, 11) is 0. The van der Waals surface area contributed by atoms with Crippen molar-refractivity contribution in [3.8, 4) is 22.3 Å². The number of pyridine rings is 1. The van der Waals surface area contributed by atoms with Gasteiger partial charge in [0.1, 0.15) is 6.54 Å². The van der Waals surface area contributed by atoms with Crippen LogP contribution in [0.25, 0.3) is 22.3 Å². The summed E-state index contributed by atoms with van der Waals surface area (Å²) in [5.74, 6) is 0. The van der Waals surface area contributed by atoms with Gasteiger partial charge in [-0.1, -0.05) is 42.5 Å². The lowest BCUT2D eigenvalue weighted by molar-refractivity contribution is -0.692. The van der Waals surface area contributed by atoms with E-state index in [0.29, 0.717) is 5.56 Å². The van der Waals surface area contributed by atoms with Crippen molar-refractivity contribution in [1.82, 2.24) is 0 Å². The Morgan fingerprint density at radius 2 is 1.46 bits per heavy atom. The van der Waals surface area contributed by atoms with Gasteiger partial charge in [0.15, 0.2) is 12.4 Å². The monoisotopic (exact) mass is 581 g/mol. The van der Waals surface area contributed by atoms with Gasteiger partial charge in [-0.2, -0.15) is 13.2 Å². The number of hydrogen-bond donors (Lipinski definition) is 0. The van der Waals surface area contributed by atoms with Crippen LogP contribution >= 0.6 is 22.6 Å². The minimum Gasteiger partial charge on any atom is -1.00 e.